The zero-order chi connectivity index (χ0) is 15.8. The molecule has 2 atom stereocenters. The van der Waals surface area contributed by atoms with Gasteiger partial charge in [-0.15, -0.1) is 24.0 Å². The Morgan fingerprint density at radius 3 is 2.87 bits per heavy atom. The highest BCUT2D eigenvalue weighted by Gasteiger charge is 2.18. The molecule has 0 aromatic carbocycles. The lowest BCUT2D eigenvalue weighted by Gasteiger charge is -2.26. The molecule has 1 aliphatic carbocycles. The molecule has 1 heterocycles. The van der Waals surface area contributed by atoms with E-state index in [-0.39, 0.29) is 24.0 Å². The quantitative estimate of drug-likeness (QED) is 0.411. The summed E-state index contributed by atoms with van der Waals surface area (Å²) in [7, 11) is 1.93. The summed E-state index contributed by atoms with van der Waals surface area (Å²) >= 11 is 0. The molecular formula is C17H32IN5. The van der Waals surface area contributed by atoms with Crippen LogP contribution in [0.15, 0.2) is 17.4 Å². The monoisotopic (exact) mass is 433 g/mol. The first-order valence-electron chi connectivity index (χ1n) is 8.67. The molecule has 6 heteroatoms. The van der Waals surface area contributed by atoms with Crippen LogP contribution in [-0.4, -0.2) is 28.8 Å². The van der Waals surface area contributed by atoms with Crippen molar-refractivity contribution in [2.75, 3.05) is 13.1 Å². The van der Waals surface area contributed by atoms with Crippen molar-refractivity contribution in [2.24, 2.45) is 23.9 Å². The summed E-state index contributed by atoms with van der Waals surface area (Å²) in [5.41, 5.74) is 1.14. The number of hydrogen-bond donors (Lipinski definition) is 2. The van der Waals surface area contributed by atoms with Crippen molar-refractivity contribution in [1.29, 1.82) is 0 Å². The van der Waals surface area contributed by atoms with Crippen LogP contribution in [-0.2, 0) is 13.6 Å². The summed E-state index contributed by atoms with van der Waals surface area (Å²) in [5, 5.41) is 11.0. The van der Waals surface area contributed by atoms with Gasteiger partial charge in [0.05, 0.1) is 12.7 Å². The van der Waals surface area contributed by atoms with Gasteiger partial charge >= 0.3 is 0 Å². The van der Waals surface area contributed by atoms with Crippen LogP contribution in [0.4, 0.5) is 0 Å². The van der Waals surface area contributed by atoms with Crippen LogP contribution in [0.25, 0.3) is 0 Å². The second-order valence-corrected chi connectivity index (χ2v) is 6.57. The molecule has 0 radical (unpaired) electrons. The average molecular weight is 433 g/mol. The van der Waals surface area contributed by atoms with E-state index >= 15 is 0 Å². The van der Waals surface area contributed by atoms with Crippen LogP contribution in [0.3, 0.4) is 0 Å². The molecule has 132 valence electrons. The Kier molecular flexibility index (Phi) is 9.59. The molecular weight excluding hydrogens is 401 g/mol. The normalized spacial score (nSPS) is 21.6. The van der Waals surface area contributed by atoms with Crippen molar-refractivity contribution in [2.45, 2.75) is 52.5 Å². The summed E-state index contributed by atoms with van der Waals surface area (Å²) < 4.78 is 1.81. The summed E-state index contributed by atoms with van der Waals surface area (Å²) in [6, 6.07) is 0. The maximum Gasteiger partial charge on any atom is 0.191 e. The molecule has 5 nitrogen and oxygen atoms in total. The SMILES string of the molecule is CCNC(=NCc1cnn(C)c1)NCCC1CCCC(C)C1.I. The van der Waals surface area contributed by atoms with E-state index in [4.69, 9.17) is 0 Å². The van der Waals surface area contributed by atoms with E-state index in [0.29, 0.717) is 6.54 Å². The Hall–Kier alpha value is -0.790. The van der Waals surface area contributed by atoms with Crippen LogP contribution in [0.2, 0.25) is 0 Å². The summed E-state index contributed by atoms with van der Waals surface area (Å²) in [6.45, 7) is 7.06. The number of halogens is 1. The van der Waals surface area contributed by atoms with E-state index in [0.717, 1.165) is 36.4 Å². The van der Waals surface area contributed by atoms with Crippen LogP contribution in [0.5, 0.6) is 0 Å². The average Bonchev–Trinajstić information content (AvgIpc) is 2.90. The third-order valence-electron chi connectivity index (χ3n) is 4.41. The minimum atomic E-state index is 0. The van der Waals surface area contributed by atoms with Gasteiger partial charge in [0.15, 0.2) is 5.96 Å². The molecule has 1 aromatic rings. The molecule has 2 N–H and O–H groups in total. The van der Waals surface area contributed by atoms with Crippen molar-refractivity contribution in [3.63, 3.8) is 0 Å². The molecule has 0 amide bonds. The van der Waals surface area contributed by atoms with Gasteiger partial charge in [-0.2, -0.15) is 5.10 Å². The van der Waals surface area contributed by atoms with Gasteiger partial charge in [0, 0.05) is 31.9 Å². The molecule has 1 aromatic heterocycles. The number of nitrogens with one attached hydrogen (secondary N) is 2. The van der Waals surface area contributed by atoms with Crippen molar-refractivity contribution in [3.8, 4) is 0 Å². The van der Waals surface area contributed by atoms with Crippen LogP contribution in [0, 0.1) is 11.8 Å². The fourth-order valence-electron chi connectivity index (χ4n) is 3.28. The number of aromatic nitrogens is 2. The van der Waals surface area contributed by atoms with E-state index in [2.05, 4.69) is 34.6 Å². The van der Waals surface area contributed by atoms with Crippen molar-refractivity contribution in [3.05, 3.63) is 18.0 Å². The van der Waals surface area contributed by atoms with E-state index in [9.17, 15) is 0 Å². The Bertz CT molecular complexity index is 471. The number of aliphatic imine (C=N–C) groups is 1. The summed E-state index contributed by atoms with van der Waals surface area (Å²) in [4.78, 5) is 4.64. The lowest BCUT2D eigenvalue weighted by Crippen LogP contribution is -2.38. The number of aryl methyl sites for hydroxylation is 1. The lowest BCUT2D eigenvalue weighted by atomic mass is 9.81. The summed E-state index contributed by atoms with van der Waals surface area (Å²) in [6.07, 6.45) is 10.7. The topological polar surface area (TPSA) is 54.2 Å². The molecule has 1 aliphatic rings. The van der Waals surface area contributed by atoms with Crippen LogP contribution in [0.1, 0.15) is 51.5 Å². The third kappa shape index (κ3) is 7.54. The molecule has 0 spiro atoms. The van der Waals surface area contributed by atoms with Gasteiger partial charge in [0.2, 0.25) is 0 Å². The first-order chi connectivity index (χ1) is 10.7. The second-order valence-electron chi connectivity index (χ2n) is 6.57. The van der Waals surface area contributed by atoms with E-state index in [1.807, 2.05) is 24.1 Å². The van der Waals surface area contributed by atoms with Gasteiger partial charge in [-0.05, 0) is 31.6 Å². The van der Waals surface area contributed by atoms with E-state index in [1.165, 1.54) is 32.1 Å². The fourth-order valence-corrected chi connectivity index (χ4v) is 3.28. The Balaban J connectivity index is 0.00000264. The minimum absolute atomic E-state index is 0. The second kappa shape index (κ2) is 10.9. The standard InChI is InChI=1S/C17H31N5.HI/c1-4-18-17(20-11-16-12-21-22(3)13-16)19-9-8-15-7-5-6-14(2)10-15;/h12-15H,4-11H2,1-3H3,(H2,18,19,20);1H. The maximum absolute atomic E-state index is 4.64. The Labute approximate surface area is 157 Å². The highest BCUT2D eigenvalue weighted by atomic mass is 127. The fraction of sp³-hybridized carbons (Fsp3) is 0.765. The van der Waals surface area contributed by atoms with Crippen LogP contribution >= 0.6 is 24.0 Å². The van der Waals surface area contributed by atoms with Gasteiger partial charge in [0.25, 0.3) is 0 Å². The van der Waals surface area contributed by atoms with E-state index in [1.54, 1.807) is 0 Å². The van der Waals surface area contributed by atoms with Gasteiger partial charge in [-0.3, -0.25) is 4.68 Å². The lowest BCUT2D eigenvalue weighted by molar-refractivity contribution is 0.270. The Morgan fingerprint density at radius 1 is 1.39 bits per heavy atom. The molecule has 0 bridgehead atoms. The van der Waals surface area contributed by atoms with Crippen molar-refractivity contribution < 1.29 is 0 Å². The molecule has 2 rings (SSSR count). The highest BCUT2D eigenvalue weighted by molar-refractivity contribution is 14.0. The van der Waals surface area contributed by atoms with Crippen LogP contribution < -0.4 is 10.6 Å². The maximum atomic E-state index is 4.64. The largest absolute Gasteiger partial charge is 0.357 e. The van der Waals surface area contributed by atoms with E-state index < -0.39 is 0 Å². The first kappa shape index (κ1) is 20.3. The summed E-state index contributed by atoms with van der Waals surface area (Å²) in [5.74, 6) is 2.71. The molecule has 23 heavy (non-hydrogen) atoms. The molecule has 1 fully saturated rings. The van der Waals surface area contributed by atoms with Gasteiger partial charge in [0.1, 0.15) is 0 Å². The smallest absolute Gasteiger partial charge is 0.191 e. The van der Waals surface area contributed by atoms with Gasteiger partial charge in [-0.25, -0.2) is 4.99 Å². The van der Waals surface area contributed by atoms with Gasteiger partial charge < -0.3 is 10.6 Å². The van der Waals surface area contributed by atoms with Gasteiger partial charge in [-0.1, -0.05) is 26.2 Å². The zero-order valence-corrected chi connectivity index (χ0v) is 17.0. The van der Waals surface area contributed by atoms with Crippen molar-refractivity contribution in [1.82, 2.24) is 20.4 Å². The molecule has 0 saturated heterocycles. The molecule has 2 unspecified atom stereocenters. The number of nitrogens with zero attached hydrogens (tertiary/aromatic N) is 3. The zero-order valence-electron chi connectivity index (χ0n) is 14.7. The highest BCUT2D eigenvalue weighted by Crippen LogP contribution is 2.30. The van der Waals surface area contributed by atoms with Crippen molar-refractivity contribution >= 4 is 29.9 Å². The molecule has 1 saturated carbocycles. The number of hydrogen-bond acceptors (Lipinski definition) is 2. The predicted octanol–water partition coefficient (Wildman–Crippen LogP) is 3.31. The first-order valence-corrected chi connectivity index (χ1v) is 8.67. The minimum Gasteiger partial charge on any atom is -0.357 e. The molecule has 0 aliphatic heterocycles. The number of guanidine groups is 1. The third-order valence-corrected chi connectivity index (χ3v) is 4.41. The predicted molar refractivity (Wildman–Crippen MR) is 107 cm³/mol. The Morgan fingerprint density at radius 2 is 2.22 bits per heavy atom. The number of rotatable bonds is 6.